The zero-order valence-electron chi connectivity index (χ0n) is 11.2. The van der Waals surface area contributed by atoms with Crippen LogP contribution in [0.3, 0.4) is 0 Å². The number of aryl methyl sites for hydroxylation is 1. The van der Waals surface area contributed by atoms with Crippen molar-refractivity contribution in [2.24, 2.45) is 5.73 Å². The minimum atomic E-state index is -0.639. The quantitative estimate of drug-likeness (QED) is 0.609. The van der Waals surface area contributed by atoms with E-state index in [-0.39, 0.29) is 17.3 Å². The van der Waals surface area contributed by atoms with E-state index in [1.54, 1.807) is 19.1 Å². The van der Waals surface area contributed by atoms with Crippen molar-refractivity contribution in [1.82, 2.24) is 0 Å². The summed E-state index contributed by atoms with van der Waals surface area (Å²) in [5.74, 6) is -0.387. The first-order valence-electron chi connectivity index (χ1n) is 6.27. The molecule has 0 heterocycles. The number of rotatable bonds is 6. The summed E-state index contributed by atoms with van der Waals surface area (Å²) in [6, 6.07) is 3.94. The minimum Gasteiger partial charge on any atom is -0.320 e. The summed E-state index contributed by atoms with van der Waals surface area (Å²) < 4.78 is 0. The summed E-state index contributed by atoms with van der Waals surface area (Å²) in [6.45, 7) is 3.81. The number of amides is 1. The molecule has 1 atom stereocenters. The highest BCUT2D eigenvalue weighted by Gasteiger charge is 2.19. The number of nitro groups is 1. The van der Waals surface area contributed by atoms with E-state index >= 15 is 0 Å². The van der Waals surface area contributed by atoms with Crippen LogP contribution in [0.5, 0.6) is 0 Å². The number of nitro benzene ring substituents is 1. The number of nitrogens with two attached hydrogens (primary N) is 1. The molecule has 0 bridgehead atoms. The van der Waals surface area contributed by atoms with Gasteiger partial charge in [-0.2, -0.15) is 0 Å². The van der Waals surface area contributed by atoms with Crippen molar-refractivity contribution in [2.75, 3.05) is 5.32 Å². The van der Waals surface area contributed by atoms with Crippen LogP contribution in [-0.2, 0) is 4.79 Å². The molecule has 1 aromatic rings. The van der Waals surface area contributed by atoms with Crippen LogP contribution >= 0.6 is 0 Å². The van der Waals surface area contributed by atoms with Crippen LogP contribution in [0.25, 0.3) is 0 Å². The maximum absolute atomic E-state index is 11.8. The number of nitrogens with one attached hydrogen (secondary N) is 1. The van der Waals surface area contributed by atoms with E-state index < -0.39 is 11.0 Å². The Hall–Kier alpha value is -1.95. The van der Waals surface area contributed by atoms with Gasteiger partial charge in [0.05, 0.1) is 11.0 Å². The van der Waals surface area contributed by atoms with Crippen LogP contribution in [0.4, 0.5) is 11.4 Å². The summed E-state index contributed by atoms with van der Waals surface area (Å²) in [6.07, 6.45) is 2.37. The van der Waals surface area contributed by atoms with Gasteiger partial charge in [-0.1, -0.05) is 25.8 Å². The van der Waals surface area contributed by atoms with E-state index in [9.17, 15) is 14.9 Å². The maximum Gasteiger partial charge on any atom is 0.292 e. The number of carbonyl (C=O) groups excluding carboxylic acids is 1. The molecule has 0 saturated heterocycles. The maximum atomic E-state index is 11.8. The molecule has 3 N–H and O–H groups in total. The molecule has 6 nitrogen and oxygen atoms in total. The highest BCUT2D eigenvalue weighted by molar-refractivity contribution is 5.96. The Morgan fingerprint density at radius 1 is 1.53 bits per heavy atom. The zero-order valence-corrected chi connectivity index (χ0v) is 11.2. The molecule has 0 aliphatic carbocycles. The third-order valence-corrected chi connectivity index (χ3v) is 2.81. The van der Waals surface area contributed by atoms with Gasteiger partial charge in [0.25, 0.3) is 5.69 Å². The monoisotopic (exact) mass is 265 g/mol. The first-order valence-corrected chi connectivity index (χ1v) is 6.27. The fourth-order valence-electron chi connectivity index (χ4n) is 1.69. The number of unbranched alkanes of at least 4 members (excludes halogenated alkanes) is 1. The van der Waals surface area contributed by atoms with Gasteiger partial charge in [0.15, 0.2) is 0 Å². The summed E-state index contributed by atoms with van der Waals surface area (Å²) in [7, 11) is 0. The normalized spacial score (nSPS) is 11.9. The molecule has 6 heteroatoms. The fraction of sp³-hybridized carbons (Fsp3) is 0.462. The summed E-state index contributed by atoms with van der Waals surface area (Å²) in [4.78, 5) is 22.2. The van der Waals surface area contributed by atoms with Gasteiger partial charge in [-0.3, -0.25) is 14.9 Å². The number of hydrogen-bond acceptors (Lipinski definition) is 4. The van der Waals surface area contributed by atoms with E-state index in [4.69, 9.17) is 5.73 Å². The lowest BCUT2D eigenvalue weighted by Crippen LogP contribution is -2.35. The molecular weight excluding hydrogens is 246 g/mol. The lowest BCUT2D eigenvalue weighted by Gasteiger charge is -2.12. The second-order valence-electron chi connectivity index (χ2n) is 4.52. The molecular formula is C13H19N3O3. The third-order valence-electron chi connectivity index (χ3n) is 2.81. The second kappa shape index (κ2) is 6.84. The third kappa shape index (κ3) is 4.33. The fourth-order valence-corrected chi connectivity index (χ4v) is 1.69. The molecule has 0 spiro atoms. The van der Waals surface area contributed by atoms with E-state index in [0.29, 0.717) is 6.42 Å². The Balaban J connectivity index is 2.83. The van der Waals surface area contributed by atoms with Crippen molar-refractivity contribution in [2.45, 2.75) is 39.2 Å². The van der Waals surface area contributed by atoms with E-state index in [0.717, 1.165) is 18.4 Å². The van der Waals surface area contributed by atoms with Crippen molar-refractivity contribution in [1.29, 1.82) is 0 Å². The lowest BCUT2D eigenvalue weighted by atomic mass is 10.1. The number of hydrogen-bond donors (Lipinski definition) is 2. The molecule has 0 aromatic heterocycles. The van der Waals surface area contributed by atoms with Gasteiger partial charge < -0.3 is 11.1 Å². The van der Waals surface area contributed by atoms with Crippen molar-refractivity contribution in [3.05, 3.63) is 33.9 Å². The molecule has 0 aliphatic rings. The molecule has 0 aliphatic heterocycles. The molecule has 1 amide bonds. The first kappa shape index (κ1) is 15.1. The smallest absolute Gasteiger partial charge is 0.292 e. The topological polar surface area (TPSA) is 98.3 Å². The van der Waals surface area contributed by atoms with Crippen molar-refractivity contribution < 1.29 is 9.72 Å². The Bertz CT molecular complexity index is 474. The van der Waals surface area contributed by atoms with Gasteiger partial charge in [0.1, 0.15) is 5.69 Å². The SMILES string of the molecule is CCCC[C@H](N)C(=O)Nc1cc(C)ccc1[N+](=O)[O-]. The van der Waals surface area contributed by atoms with Gasteiger partial charge >= 0.3 is 0 Å². The van der Waals surface area contributed by atoms with Gasteiger partial charge in [0, 0.05) is 6.07 Å². The van der Waals surface area contributed by atoms with E-state index in [1.165, 1.54) is 6.07 Å². The average molecular weight is 265 g/mol. The van der Waals surface area contributed by atoms with Gasteiger partial charge in [-0.25, -0.2) is 0 Å². The Labute approximate surface area is 112 Å². The predicted molar refractivity (Wildman–Crippen MR) is 74.0 cm³/mol. The molecule has 0 saturated carbocycles. The minimum absolute atomic E-state index is 0.123. The molecule has 0 radical (unpaired) electrons. The van der Waals surface area contributed by atoms with Crippen LogP contribution in [0, 0.1) is 17.0 Å². The van der Waals surface area contributed by atoms with Crippen LogP contribution in [0.1, 0.15) is 31.7 Å². The molecule has 0 unspecified atom stereocenters. The van der Waals surface area contributed by atoms with Crippen molar-refractivity contribution >= 4 is 17.3 Å². The molecule has 0 fully saturated rings. The van der Waals surface area contributed by atoms with Crippen LogP contribution in [0.2, 0.25) is 0 Å². The molecule has 1 aromatic carbocycles. The number of benzene rings is 1. The van der Waals surface area contributed by atoms with Gasteiger partial charge in [0.2, 0.25) is 5.91 Å². The summed E-state index contributed by atoms with van der Waals surface area (Å²) in [5.41, 5.74) is 6.64. The second-order valence-corrected chi connectivity index (χ2v) is 4.52. The number of carbonyl (C=O) groups is 1. The predicted octanol–water partition coefficient (Wildman–Crippen LogP) is 2.36. The van der Waals surface area contributed by atoms with Crippen molar-refractivity contribution in [3.63, 3.8) is 0 Å². The van der Waals surface area contributed by atoms with Gasteiger partial charge in [-0.15, -0.1) is 0 Å². The number of anilines is 1. The van der Waals surface area contributed by atoms with Crippen LogP contribution < -0.4 is 11.1 Å². The van der Waals surface area contributed by atoms with Crippen molar-refractivity contribution in [3.8, 4) is 0 Å². The standard InChI is InChI=1S/C13H19N3O3/c1-3-4-5-10(14)13(17)15-11-8-9(2)6-7-12(11)16(18)19/h6-8,10H,3-5,14H2,1-2H3,(H,15,17)/t10-/m0/s1. The Kier molecular flexibility index (Phi) is 5.44. The zero-order chi connectivity index (χ0) is 14.4. The van der Waals surface area contributed by atoms with Crippen LogP contribution in [-0.4, -0.2) is 16.9 Å². The average Bonchev–Trinajstić information content (AvgIpc) is 2.35. The lowest BCUT2D eigenvalue weighted by molar-refractivity contribution is -0.383. The summed E-state index contributed by atoms with van der Waals surface area (Å²) >= 11 is 0. The summed E-state index contributed by atoms with van der Waals surface area (Å²) in [5, 5.41) is 13.4. The van der Waals surface area contributed by atoms with Crippen LogP contribution in [0.15, 0.2) is 18.2 Å². The van der Waals surface area contributed by atoms with E-state index in [1.807, 2.05) is 6.92 Å². The Morgan fingerprint density at radius 2 is 2.21 bits per heavy atom. The largest absolute Gasteiger partial charge is 0.320 e. The molecule has 104 valence electrons. The molecule has 1 rings (SSSR count). The highest BCUT2D eigenvalue weighted by Crippen LogP contribution is 2.25. The van der Waals surface area contributed by atoms with E-state index in [2.05, 4.69) is 5.32 Å². The van der Waals surface area contributed by atoms with Gasteiger partial charge in [-0.05, 0) is 25.0 Å². The molecule has 19 heavy (non-hydrogen) atoms. The number of nitrogens with zero attached hydrogens (tertiary/aromatic N) is 1. The first-order chi connectivity index (χ1) is 8.95. The highest BCUT2D eigenvalue weighted by atomic mass is 16.6. The Morgan fingerprint density at radius 3 is 2.79 bits per heavy atom.